The first-order valence-corrected chi connectivity index (χ1v) is 11.2. The van der Waals surface area contributed by atoms with Gasteiger partial charge in [-0.25, -0.2) is 8.42 Å². The van der Waals surface area contributed by atoms with Crippen LogP contribution >= 0.6 is 11.6 Å². The minimum Gasteiger partial charge on any atom is -0.496 e. The van der Waals surface area contributed by atoms with Gasteiger partial charge >= 0.3 is 0 Å². The van der Waals surface area contributed by atoms with Gasteiger partial charge in [-0.3, -0.25) is 9.10 Å². The molecule has 0 aromatic heterocycles. The van der Waals surface area contributed by atoms with Crippen LogP contribution in [0.4, 0.5) is 11.4 Å². The molecule has 0 saturated heterocycles. The van der Waals surface area contributed by atoms with E-state index in [1.54, 1.807) is 30.3 Å². The number of halogens is 1. The number of hydrogen-bond acceptors (Lipinski definition) is 4. The summed E-state index contributed by atoms with van der Waals surface area (Å²) >= 11 is 5.98. The van der Waals surface area contributed by atoms with Crippen molar-refractivity contribution in [3.8, 4) is 16.9 Å². The van der Waals surface area contributed by atoms with Gasteiger partial charge in [-0.1, -0.05) is 48.0 Å². The number of anilines is 2. The fraction of sp³-hybridized carbons (Fsp3) is 0.136. The molecule has 0 fully saturated rings. The van der Waals surface area contributed by atoms with Crippen molar-refractivity contribution >= 4 is 38.9 Å². The summed E-state index contributed by atoms with van der Waals surface area (Å²) in [4.78, 5) is 13.0. The van der Waals surface area contributed by atoms with Gasteiger partial charge in [0.15, 0.2) is 0 Å². The largest absolute Gasteiger partial charge is 0.496 e. The first kappa shape index (κ1) is 21.7. The van der Waals surface area contributed by atoms with Crippen LogP contribution in [0, 0.1) is 0 Å². The van der Waals surface area contributed by atoms with Crippen LogP contribution in [0.2, 0.25) is 5.02 Å². The van der Waals surface area contributed by atoms with Gasteiger partial charge in [0.2, 0.25) is 10.0 Å². The van der Waals surface area contributed by atoms with Crippen LogP contribution in [-0.4, -0.2) is 34.7 Å². The van der Waals surface area contributed by atoms with E-state index in [0.29, 0.717) is 22.1 Å². The molecule has 0 atom stereocenters. The molecule has 3 aromatic rings. The van der Waals surface area contributed by atoms with Crippen LogP contribution in [0.25, 0.3) is 11.1 Å². The van der Waals surface area contributed by atoms with Crippen molar-refractivity contribution in [2.45, 2.75) is 0 Å². The van der Waals surface area contributed by atoms with Crippen LogP contribution in [0.15, 0.2) is 66.7 Å². The van der Waals surface area contributed by atoms with Gasteiger partial charge in [-0.15, -0.1) is 0 Å². The third kappa shape index (κ3) is 4.75. The molecule has 8 heteroatoms. The molecule has 0 unspecified atom stereocenters. The Bertz CT molecular complexity index is 1180. The van der Waals surface area contributed by atoms with Crippen molar-refractivity contribution in [1.29, 1.82) is 0 Å². The van der Waals surface area contributed by atoms with E-state index in [2.05, 4.69) is 5.32 Å². The monoisotopic (exact) mass is 444 g/mol. The lowest BCUT2D eigenvalue weighted by Gasteiger charge is -2.22. The molecule has 6 nitrogen and oxygen atoms in total. The number of benzene rings is 3. The maximum absolute atomic E-state index is 13.0. The number of amides is 1. The zero-order chi connectivity index (χ0) is 21.9. The van der Waals surface area contributed by atoms with Gasteiger partial charge in [0.25, 0.3) is 5.91 Å². The SMILES string of the molecule is COc1cc(Cl)ccc1C(=O)Nc1cc(-c2ccccc2)ccc1N(C)S(C)(=O)=O. The van der Waals surface area contributed by atoms with E-state index in [0.717, 1.165) is 21.7 Å². The van der Waals surface area contributed by atoms with E-state index in [1.165, 1.54) is 14.2 Å². The van der Waals surface area contributed by atoms with Crippen LogP contribution in [0.3, 0.4) is 0 Å². The van der Waals surface area contributed by atoms with Gasteiger partial charge in [-0.05, 0) is 41.5 Å². The second-order valence-corrected chi connectivity index (χ2v) is 9.08. The topological polar surface area (TPSA) is 75.7 Å². The highest BCUT2D eigenvalue weighted by molar-refractivity contribution is 7.92. The van der Waals surface area contributed by atoms with Gasteiger partial charge < -0.3 is 10.1 Å². The Morgan fingerprint density at radius 3 is 2.33 bits per heavy atom. The minimum absolute atomic E-state index is 0.278. The van der Waals surface area contributed by atoms with Crippen molar-refractivity contribution < 1.29 is 17.9 Å². The molecule has 0 heterocycles. The fourth-order valence-corrected chi connectivity index (χ4v) is 3.62. The Hall–Kier alpha value is -3.03. The molecule has 0 aliphatic heterocycles. The molecule has 0 bridgehead atoms. The van der Waals surface area contributed by atoms with Crippen molar-refractivity contribution in [2.24, 2.45) is 0 Å². The zero-order valence-corrected chi connectivity index (χ0v) is 18.3. The summed E-state index contributed by atoms with van der Waals surface area (Å²) in [6.45, 7) is 0. The van der Waals surface area contributed by atoms with E-state index >= 15 is 0 Å². The van der Waals surface area contributed by atoms with E-state index in [4.69, 9.17) is 16.3 Å². The van der Waals surface area contributed by atoms with Gasteiger partial charge in [-0.2, -0.15) is 0 Å². The molecule has 0 aliphatic carbocycles. The predicted molar refractivity (Wildman–Crippen MR) is 121 cm³/mol. The molecule has 30 heavy (non-hydrogen) atoms. The molecule has 0 saturated carbocycles. The summed E-state index contributed by atoms with van der Waals surface area (Å²) in [5.41, 5.74) is 2.75. The molecular formula is C22H21ClN2O4S. The van der Waals surface area contributed by atoms with E-state index in [1.807, 2.05) is 36.4 Å². The van der Waals surface area contributed by atoms with Crippen LogP contribution in [0.1, 0.15) is 10.4 Å². The van der Waals surface area contributed by atoms with Gasteiger partial charge in [0.1, 0.15) is 5.75 Å². The number of nitrogens with one attached hydrogen (secondary N) is 1. The summed E-state index contributed by atoms with van der Waals surface area (Å²) in [6, 6.07) is 19.5. The number of carbonyl (C=O) groups excluding carboxylic acids is 1. The summed E-state index contributed by atoms with van der Waals surface area (Å²) in [6.07, 6.45) is 1.10. The Morgan fingerprint density at radius 1 is 1.00 bits per heavy atom. The summed E-state index contributed by atoms with van der Waals surface area (Å²) in [7, 11) is -0.653. The third-order valence-corrected chi connectivity index (χ3v) is 6.02. The van der Waals surface area contributed by atoms with Crippen molar-refractivity contribution in [3.05, 3.63) is 77.3 Å². The molecule has 1 N–H and O–H groups in total. The Morgan fingerprint density at radius 2 is 1.70 bits per heavy atom. The first-order valence-electron chi connectivity index (χ1n) is 8.99. The maximum Gasteiger partial charge on any atom is 0.259 e. The number of methoxy groups -OCH3 is 1. The lowest BCUT2D eigenvalue weighted by atomic mass is 10.0. The molecule has 3 rings (SSSR count). The average Bonchev–Trinajstić information content (AvgIpc) is 2.73. The Balaban J connectivity index is 2.07. The number of rotatable bonds is 6. The molecule has 0 radical (unpaired) electrons. The smallest absolute Gasteiger partial charge is 0.259 e. The standard InChI is InChI=1S/C22H21ClN2O4S/c1-25(30(3,27)28)20-12-9-16(15-7-5-4-6-8-15)13-19(20)24-22(26)18-11-10-17(23)14-21(18)29-2/h4-14H,1-3H3,(H,24,26). The lowest BCUT2D eigenvalue weighted by Crippen LogP contribution is -2.26. The normalized spacial score (nSPS) is 11.1. The van der Waals surface area contributed by atoms with E-state index < -0.39 is 15.9 Å². The highest BCUT2D eigenvalue weighted by Crippen LogP contribution is 2.33. The molecular weight excluding hydrogens is 424 g/mol. The quantitative estimate of drug-likeness (QED) is 0.599. The Labute approximate surface area is 181 Å². The van der Waals surface area contributed by atoms with Crippen molar-refractivity contribution in [3.63, 3.8) is 0 Å². The number of nitrogens with zero attached hydrogens (tertiary/aromatic N) is 1. The van der Waals surface area contributed by atoms with E-state index in [-0.39, 0.29) is 5.56 Å². The number of ether oxygens (including phenoxy) is 1. The van der Waals surface area contributed by atoms with Crippen molar-refractivity contribution in [1.82, 2.24) is 0 Å². The van der Waals surface area contributed by atoms with Crippen LogP contribution in [0.5, 0.6) is 5.75 Å². The molecule has 1 amide bonds. The first-order chi connectivity index (χ1) is 14.2. The van der Waals surface area contributed by atoms with Gasteiger partial charge in [0.05, 0.1) is 30.3 Å². The molecule has 0 spiro atoms. The zero-order valence-electron chi connectivity index (χ0n) is 16.7. The molecule has 156 valence electrons. The third-order valence-electron chi connectivity index (χ3n) is 4.60. The molecule has 0 aliphatic rings. The number of carbonyl (C=O) groups is 1. The van der Waals surface area contributed by atoms with E-state index in [9.17, 15) is 13.2 Å². The predicted octanol–water partition coefficient (Wildman–Crippen LogP) is 4.66. The number of hydrogen-bond donors (Lipinski definition) is 1. The van der Waals surface area contributed by atoms with Crippen molar-refractivity contribution in [2.75, 3.05) is 30.0 Å². The summed E-state index contributed by atoms with van der Waals surface area (Å²) in [5.74, 6) is -0.130. The van der Waals surface area contributed by atoms with Crippen LogP contribution in [-0.2, 0) is 10.0 Å². The average molecular weight is 445 g/mol. The van der Waals surface area contributed by atoms with Crippen LogP contribution < -0.4 is 14.4 Å². The highest BCUT2D eigenvalue weighted by Gasteiger charge is 2.20. The number of sulfonamides is 1. The Kier molecular flexibility index (Phi) is 6.34. The molecule has 3 aromatic carbocycles. The summed E-state index contributed by atoms with van der Waals surface area (Å²) in [5, 5.41) is 3.25. The van der Waals surface area contributed by atoms with Gasteiger partial charge in [0, 0.05) is 12.1 Å². The second kappa shape index (κ2) is 8.77. The summed E-state index contributed by atoms with van der Waals surface area (Å²) < 4.78 is 30.6. The lowest BCUT2D eigenvalue weighted by molar-refractivity contribution is 0.102. The fourth-order valence-electron chi connectivity index (χ4n) is 2.94. The minimum atomic E-state index is -3.53. The second-order valence-electron chi connectivity index (χ2n) is 6.63. The maximum atomic E-state index is 13.0. The highest BCUT2D eigenvalue weighted by atomic mass is 35.5.